The van der Waals surface area contributed by atoms with Crippen LogP contribution in [-0.4, -0.2) is 72.8 Å². The van der Waals surface area contributed by atoms with Crippen molar-refractivity contribution in [1.82, 2.24) is 14.8 Å². The third-order valence-corrected chi connectivity index (χ3v) is 9.22. The zero-order chi connectivity index (χ0) is 33.1. The fourth-order valence-corrected chi connectivity index (χ4v) is 6.71. The molecule has 1 saturated carbocycles. The average molecular weight is 640 g/mol. The molecule has 0 spiro atoms. The Labute approximate surface area is 274 Å². The highest BCUT2D eigenvalue weighted by atomic mass is 16.5. The number of ether oxygens (including phenoxy) is 3. The molecule has 2 amide bonds. The molecule has 246 valence electrons. The molecule has 47 heavy (non-hydrogen) atoms. The summed E-state index contributed by atoms with van der Waals surface area (Å²) in [6, 6.07) is 17.4. The second-order valence-corrected chi connectivity index (χ2v) is 12.5. The first-order chi connectivity index (χ1) is 22.7. The van der Waals surface area contributed by atoms with Crippen molar-refractivity contribution in [2.45, 2.75) is 57.0 Å². The molecule has 6 rings (SSSR count). The lowest BCUT2D eigenvalue weighted by Gasteiger charge is -2.23. The molecule has 0 bridgehead atoms. The van der Waals surface area contributed by atoms with Gasteiger partial charge in [0.25, 0.3) is 11.8 Å². The van der Waals surface area contributed by atoms with Crippen LogP contribution in [0, 0.1) is 0 Å². The maximum Gasteiger partial charge on any atom is 0.326 e. The van der Waals surface area contributed by atoms with Crippen molar-refractivity contribution in [3.8, 4) is 28.5 Å². The summed E-state index contributed by atoms with van der Waals surface area (Å²) in [7, 11) is 4.96. The van der Waals surface area contributed by atoms with Gasteiger partial charge in [-0.15, -0.1) is 0 Å². The molecular formula is C37H41N3O7. The maximum absolute atomic E-state index is 13.6. The minimum Gasteiger partial charge on any atom is -0.497 e. The van der Waals surface area contributed by atoms with E-state index in [1.54, 1.807) is 51.5 Å². The van der Waals surface area contributed by atoms with Gasteiger partial charge in [0.15, 0.2) is 6.61 Å². The van der Waals surface area contributed by atoms with E-state index in [0.717, 1.165) is 46.5 Å². The molecule has 1 aliphatic heterocycles. The Bertz CT molecular complexity index is 1790. The van der Waals surface area contributed by atoms with E-state index in [2.05, 4.69) is 16.0 Å². The standard InChI is InChI=1S/C37H41N3O7/c1-39(2)33(41)22-47-26-12-9-23(10-13-26)19-30(37(43)44)38-36(42)25-11-15-28-31(20-25)40-17-18-46-32-21-27(45-3)14-16-29(32)35(40)34(28)24-7-5-4-6-8-24/h9-16,20-21,24,30H,4-8,17-19,22H2,1-3H3,(H,38,42)(H,43,44)/t30-/m0/s1. The summed E-state index contributed by atoms with van der Waals surface area (Å²) in [4.78, 5) is 39.1. The molecule has 1 aromatic heterocycles. The molecule has 2 aliphatic rings. The number of aromatic nitrogens is 1. The first-order valence-electron chi connectivity index (χ1n) is 16.2. The van der Waals surface area contributed by atoms with Crippen LogP contribution in [0.3, 0.4) is 0 Å². The number of fused-ring (bicyclic) bond motifs is 5. The molecule has 2 heterocycles. The molecule has 2 N–H and O–H groups in total. The number of carbonyl (C=O) groups is 3. The van der Waals surface area contributed by atoms with Crippen molar-refractivity contribution in [3.05, 3.63) is 77.4 Å². The lowest BCUT2D eigenvalue weighted by atomic mass is 9.81. The Morgan fingerprint density at radius 2 is 1.74 bits per heavy atom. The molecule has 10 nitrogen and oxygen atoms in total. The fourth-order valence-electron chi connectivity index (χ4n) is 6.71. The zero-order valence-electron chi connectivity index (χ0n) is 27.1. The van der Waals surface area contributed by atoms with Crippen LogP contribution >= 0.6 is 0 Å². The van der Waals surface area contributed by atoms with Crippen LogP contribution in [0.4, 0.5) is 0 Å². The third-order valence-electron chi connectivity index (χ3n) is 9.22. The van der Waals surface area contributed by atoms with Crippen molar-refractivity contribution in [3.63, 3.8) is 0 Å². The summed E-state index contributed by atoms with van der Waals surface area (Å²) in [6.45, 7) is 0.988. The Morgan fingerprint density at radius 1 is 1.00 bits per heavy atom. The number of hydrogen-bond donors (Lipinski definition) is 2. The number of rotatable bonds is 10. The van der Waals surface area contributed by atoms with Gasteiger partial charge in [-0.05, 0) is 66.3 Å². The van der Waals surface area contributed by atoms with E-state index in [1.165, 1.54) is 29.7 Å². The lowest BCUT2D eigenvalue weighted by Crippen LogP contribution is -2.42. The van der Waals surface area contributed by atoms with E-state index in [1.807, 2.05) is 24.3 Å². The van der Waals surface area contributed by atoms with E-state index >= 15 is 0 Å². The summed E-state index contributed by atoms with van der Waals surface area (Å²) in [5, 5.41) is 13.9. The number of likely N-dealkylation sites (N-methyl/N-ethyl adjacent to an activating group) is 1. The molecule has 10 heteroatoms. The summed E-state index contributed by atoms with van der Waals surface area (Å²) < 4.78 is 19.5. The predicted octanol–water partition coefficient (Wildman–Crippen LogP) is 5.65. The second-order valence-electron chi connectivity index (χ2n) is 12.5. The van der Waals surface area contributed by atoms with Gasteiger partial charge in [0, 0.05) is 48.6 Å². The van der Waals surface area contributed by atoms with Crippen LogP contribution in [0.5, 0.6) is 17.2 Å². The fraction of sp³-hybridized carbons (Fsp3) is 0.378. The van der Waals surface area contributed by atoms with Gasteiger partial charge in [-0.3, -0.25) is 9.59 Å². The van der Waals surface area contributed by atoms with E-state index < -0.39 is 17.9 Å². The number of methoxy groups -OCH3 is 1. The van der Waals surface area contributed by atoms with E-state index in [9.17, 15) is 19.5 Å². The molecule has 0 saturated heterocycles. The van der Waals surface area contributed by atoms with Gasteiger partial charge in [-0.1, -0.05) is 37.5 Å². The first kappa shape index (κ1) is 32.0. The van der Waals surface area contributed by atoms with Crippen LogP contribution in [0.15, 0.2) is 60.7 Å². The number of nitrogens with one attached hydrogen (secondary N) is 1. The number of carboxylic acids is 1. The van der Waals surface area contributed by atoms with E-state index in [4.69, 9.17) is 14.2 Å². The van der Waals surface area contributed by atoms with Gasteiger partial charge in [0.2, 0.25) is 0 Å². The van der Waals surface area contributed by atoms with Crippen LogP contribution < -0.4 is 19.5 Å². The average Bonchev–Trinajstić information content (AvgIpc) is 3.28. The molecule has 4 aromatic rings. The number of nitrogens with zero attached hydrogens (tertiary/aromatic N) is 2. The van der Waals surface area contributed by atoms with Gasteiger partial charge in [0.1, 0.15) is 29.9 Å². The highest BCUT2D eigenvalue weighted by Crippen LogP contribution is 2.47. The summed E-state index contributed by atoms with van der Waals surface area (Å²) in [5.41, 5.74) is 5.48. The van der Waals surface area contributed by atoms with Crippen molar-refractivity contribution in [2.75, 3.05) is 34.4 Å². The number of aliphatic carboxylic acids is 1. The normalized spacial score (nSPS) is 15.0. The van der Waals surface area contributed by atoms with Gasteiger partial charge in [0.05, 0.1) is 19.3 Å². The van der Waals surface area contributed by atoms with Gasteiger partial charge in [-0.25, -0.2) is 4.79 Å². The lowest BCUT2D eigenvalue weighted by molar-refractivity contribution is -0.139. The summed E-state index contributed by atoms with van der Waals surface area (Å²) >= 11 is 0. The molecule has 1 fully saturated rings. The quantitative estimate of drug-likeness (QED) is 0.230. The minimum absolute atomic E-state index is 0.0875. The van der Waals surface area contributed by atoms with Crippen molar-refractivity contribution in [2.24, 2.45) is 0 Å². The van der Waals surface area contributed by atoms with Crippen LogP contribution in [0.1, 0.15) is 59.5 Å². The summed E-state index contributed by atoms with van der Waals surface area (Å²) in [6.07, 6.45) is 5.93. The number of hydrogen-bond acceptors (Lipinski definition) is 6. The van der Waals surface area contributed by atoms with Crippen LogP contribution in [-0.2, 0) is 22.6 Å². The van der Waals surface area contributed by atoms with Crippen molar-refractivity contribution in [1.29, 1.82) is 0 Å². The molecule has 1 atom stereocenters. The van der Waals surface area contributed by atoms with Gasteiger partial charge < -0.3 is 34.1 Å². The van der Waals surface area contributed by atoms with E-state index in [0.29, 0.717) is 35.9 Å². The highest BCUT2D eigenvalue weighted by Gasteiger charge is 2.30. The number of benzene rings is 3. The summed E-state index contributed by atoms with van der Waals surface area (Å²) in [5.74, 6) is 0.673. The van der Waals surface area contributed by atoms with Crippen molar-refractivity contribution < 1.29 is 33.7 Å². The Hall–Kier alpha value is -4.99. The predicted molar refractivity (Wildman–Crippen MR) is 178 cm³/mol. The topological polar surface area (TPSA) is 119 Å². The van der Waals surface area contributed by atoms with E-state index in [-0.39, 0.29) is 18.9 Å². The molecule has 0 radical (unpaired) electrons. The zero-order valence-corrected chi connectivity index (χ0v) is 27.1. The molecule has 3 aromatic carbocycles. The number of carbonyl (C=O) groups excluding carboxylic acids is 2. The minimum atomic E-state index is -1.14. The van der Waals surface area contributed by atoms with Gasteiger partial charge in [-0.2, -0.15) is 0 Å². The molecule has 1 aliphatic carbocycles. The third kappa shape index (κ3) is 6.77. The van der Waals surface area contributed by atoms with Gasteiger partial charge >= 0.3 is 5.97 Å². The largest absolute Gasteiger partial charge is 0.497 e. The Kier molecular flexibility index (Phi) is 9.38. The smallest absolute Gasteiger partial charge is 0.326 e. The molecular weight excluding hydrogens is 598 g/mol. The number of carboxylic acid groups (broad SMARTS) is 1. The molecule has 0 unspecified atom stereocenters. The maximum atomic E-state index is 13.6. The second kappa shape index (κ2) is 13.8. The monoisotopic (exact) mass is 639 g/mol. The van der Waals surface area contributed by atoms with Crippen molar-refractivity contribution >= 4 is 28.7 Å². The van der Waals surface area contributed by atoms with Crippen LogP contribution in [0.2, 0.25) is 0 Å². The highest BCUT2D eigenvalue weighted by molar-refractivity contribution is 6.02. The Morgan fingerprint density at radius 3 is 2.45 bits per heavy atom. The number of amides is 2. The van der Waals surface area contributed by atoms with Crippen LogP contribution in [0.25, 0.3) is 22.2 Å². The SMILES string of the molecule is COc1ccc2c(c1)OCCn1c-2c(C2CCCCC2)c2ccc(C(=O)N[C@@H](Cc3ccc(OCC(=O)N(C)C)cc3)C(=O)O)cc21. The Balaban J connectivity index is 1.28. The first-order valence-corrected chi connectivity index (χ1v) is 16.2.